The Labute approximate surface area is 128 Å². The molecule has 7 heteroatoms. The van der Waals surface area contributed by atoms with Crippen LogP contribution in [0.3, 0.4) is 0 Å². The molecule has 21 heavy (non-hydrogen) atoms. The van der Waals surface area contributed by atoms with E-state index >= 15 is 0 Å². The Morgan fingerprint density at radius 2 is 1.90 bits per heavy atom. The van der Waals surface area contributed by atoms with Crippen molar-refractivity contribution in [1.82, 2.24) is 10.2 Å². The van der Waals surface area contributed by atoms with Gasteiger partial charge >= 0.3 is 6.09 Å². The number of hydrogen-bond donors (Lipinski definition) is 2. The van der Waals surface area contributed by atoms with Crippen LogP contribution in [0, 0.1) is 5.41 Å². The van der Waals surface area contributed by atoms with Crippen LogP contribution in [0.2, 0.25) is 0 Å². The fourth-order valence-electron chi connectivity index (χ4n) is 3.34. The van der Waals surface area contributed by atoms with Crippen molar-refractivity contribution in [3.8, 4) is 0 Å². The summed E-state index contributed by atoms with van der Waals surface area (Å²) in [7, 11) is 0. The van der Waals surface area contributed by atoms with Gasteiger partial charge in [-0.15, -0.1) is 0 Å². The van der Waals surface area contributed by atoms with Gasteiger partial charge in [-0.25, -0.2) is 4.79 Å². The number of nitrogens with zero attached hydrogens (tertiary/aromatic N) is 1. The number of carboxylic acid groups (broad SMARTS) is 1. The summed E-state index contributed by atoms with van der Waals surface area (Å²) in [4.78, 5) is 36.1. The van der Waals surface area contributed by atoms with Gasteiger partial charge in [0.2, 0.25) is 5.91 Å². The minimum absolute atomic E-state index is 0.0916. The summed E-state index contributed by atoms with van der Waals surface area (Å²) in [5.74, 6) is 0.108. The van der Waals surface area contributed by atoms with E-state index in [1.54, 1.807) is 0 Å². The zero-order valence-corrected chi connectivity index (χ0v) is 13.5. The maximum atomic E-state index is 11.8. The molecule has 0 unspecified atom stereocenters. The SMILES string of the molecule is CC(C)(C)C1(NC(=O)O)CCC(N2C(=O)CSC2=O)CC1. The van der Waals surface area contributed by atoms with Crippen LogP contribution in [0.5, 0.6) is 0 Å². The molecule has 118 valence electrons. The molecule has 1 heterocycles. The third-order valence-corrected chi connectivity index (χ3v) is 5.58. The van der Waals surface area contributed by atoms with E-state index in [0.29, 0.717) is 25.7 Å². The summed E-state index contributed by atoms with van der Waals surface area (Å²) in [5.41, 5.74) is -0.724. The quantitative estimate of drug-likeness (QED) is 0.818. The predicted molar refractivity (Wildman–Crippen MR) is 80.3 cm³/mol. The lowest BCUT2D eigenvalue weighted by Crippen LogP contribution is -2.60. The molecule has 6 nitrogen and oxygen atoms in total. The van der Waals surface area contributed by atoms with E-state index in [1.807, 2.05) is 20.8 Å². The minimum Gasteiger partial charge on any atom is -0.465 e. The first-order chi connectivity index (χ1) is 9.66. The summed E-state index contributed by atoms with van der Waals surface area (Å²) < 4.78 is 0. The van der Waals surface area contributed by atoms with Gasteiger partial charge in [-0.3, -0.25) is 14.5 Å². The van der Waals surface area contributed by atoms with Crippen molar-refractivity contribution in [2.24, 2.45) is 5.41 Å². The van der Waals surface area contributed by atoms with Gasteiger partial charge in [0.05, 0.1) is 5.75 Å². The third-order valence-electron chi connectivity index (χ3n) is 4.74. The van der Waals surface area contributed by atoms with Crippen molar-refractivity contribution in [1.29, 1.82) is 0 Å². The van der Waals surface area contributed by atoms with Crippen LogP contribution in [-0.2, 0) is 4.79 Å². The predicted octanol–water partition coefficient (Wildman–Crippen LogP) is 2.68. The summed E-state index contributed by atoms with van der Waals surface area (Å²) >= 11 is 1.05. The second-order valence-electron chi connectivity index (χ2n) is 6.81. The zero-order valence-electron chi connectivity index (χ0n) is 12.6. The molecule has 0 aromatic heterocycles. The van der Waals surface area contributed by atoms with Gasteiger partial charge < -0.3 is 10.4 Å². The van der Waals surface area contributed by atoms with E-state index in [4.69, 9.17) is 5.11 Å². The third kappa shape index (κ3) is 3.02. The fourth-order valence-corrected chi connectivity index (χ4v) is 4.11. The topological polar surface area (TPSA) is 86.7 Å². The molecule has 0 aromatic rings. The molecule has 2 fully saturated rings. The Bertz CT molecular complexity index is 448. The Morgan fingerprint density at radius 3 is 2.29 bits per heavy atom. The van der Waals surface area contributed by atoms with Crippen molar-refractivity contribution in [3.05, 3.63) is 0 Å². The molecule has 2 rings (SSSR count). The van der Waals surface area contributed by atoms with Crippen molar-refractivity contribution in [2.75, 3.05) is 5.75 Å². The average molecular weight is 314 g/mol. The van der Waals surface area contributed by atoms with Crippen LogP contribution < -0.4 is 5.32 Å². The average Bonchev–Trinajstić information content (AvgIpc) is 2.68. The molecule has 1 aliphatic heterocycles. The highest BCUT2D eigenvalue weighted by Crippen LogP contribution is 2.43. The van der Waals surface area contributed by atoms with Gasteiger partial charge in [0.15, 0.2) is 0 Å². The number of hydrogen-bond acceptors (Lipinski definition) is 4. The highest BCUT2D eigenvalue weighted by atomic mass is 32.2. The van der Waals surface area contributed by atoms with Gasteiger partial charge in [0, 0.05) is 11.6 Å². The molecule has 1 saturated carbocycles. The molecule has 1 aliphatic carbocycles. The number of carbonyl (C=O) groups excluding carboxylic acids is 2. The van der Waals surface area contributed by atoms with E-state index in [0.717, 1.165) is 11.8 Å². The Hall–Kier alpha value is -1.24. The first kappa shape index (κ1) is 16.1. The van der Waals surface area contributed by atoms with Gasteiger partial charge in [-0.05, 0) is 31.1 Å². The Morgan fingerprint density at radius 1 is 1.33 bits per heavy atom. The van der Waals surface area contributed by atoms with E-state index in [-0.39, 0.29) is 28.4 Å². The summed E-state index contributed by atoms with van der Waals surface area (Å²) in [5, 5.41) is 11.6. The molecule has 1 saturated heterocycles. The van der Waals surface area contributed by atoms with Crippen LogP contribution >= 0.6 is 11.8 Å². The summed E-state index contributed by atoms with van der Waals surface area (Å²) in [6, 6.07) is -0.0916. The fraction of sp³-hybridized carbons (Fsp3) is 0.786. The van der Waals surface area contributed by atoms with Crippen LogP contribution in [0.4, 0.5) is 9.59 Å². The van der Waals surface area contributed by atoms with Crippen LogP contribution in [0.15, 0.2) is 0 Å². The van der Waals surface area contributed by atoms with E-state index in [2.05, 4.69) is 5.32 Å². The molecule has 0 bridgehead atoms. The van der Waals surface area contributed by atoms with Crippen molar-refractivity contribution in [3.63, 3.8) is 0 Å². The first-order valence-corrected chi connectivity index (χ1v) is 8.15. The Balaban J connectivity index is 2.11. The second-order valence-corrected chi connectivity index (χ2v) is 7.74. The van der Waals surface area contributed by atoms with Crippen molar-refractivity contribution < 1.29 is 19.5 Å². The molecule has 0 aromatic carbocycles. The maximum Gasteiger partial charge on any atom is 0.405 e. The molecule has 2 N–H and O–H groups in total. The number of carbonyl (C=O) groups is 3. The number of rotatable bonds is 2. The Kier molecular flexibility index (Phi) is 4.24. The van der Waals surface area contributed by atoms with Crippen LogP contribution in [0.25, 0.3) is 0 Å². The number of nitrogens with one attached hydrogen (secondary N) is 1. The van der Waals surface area contributed by atoms with Crippen LogP contribution in [0.1, 0.15) is 46.5 Å². The lowest BCUT2D eigenvalue weighted by molar-refractivity contribution is -0.127. The normalized spacial score (nSPS) is 30.6. The van der Waals surface area contributed by atoms with E-state index in [1.165, 1.54) is 4.90 Å². The molecule has 0 radical (unpaired) electrons. The second kappa shape index (κ2) is 5.51. The molecule has 0 atom stereocenters. The van der Waals surface area contributed by atoms with E-state index in [9.17, 15) is 14.4 Å². The number of thioether (sulfide) groups is 1. The highest BCUT2D eigenvalue weighted by Gasteiger charge is 2.48. The van der Waals surface area contributed by atoms with Crippen LogP contribution in [-0.4, -0.2) is 44.6 Å². The standard InChI is InChI=1S/C14H22N2O4S/c1-13(2,3)14(15-11(18)19)6-4-9(5-7-14)16-10(17)8-21-12(16)20/h9,15H,4-8H2,1-3H3,(H,18,19). The van der Waals surface area contributed by atoms with Gasteiger partial charge in [0.1, 0.15) is 0 Å². The zero-order chi connectivity index (χ0) is 15.8. The highest BCUT2D eigenvalue weighted by molar-refractivity contribution is 8.14. The smallest absolute Gasteiger partial charge is 0.405 e. The number of imide groups is 1. The maximum absolute atomic E-state index is 11.8. The lowest BCUT2D eigenvalue weighted by Gasteiger charge is -2.49. The molecular weight excluding hydrogens is 292 g/mol. The molecule has 3 amide bonds. The van der Waals surface area contributed by atoms with Gasteiger partial charge in [0.25, 0.3) is 5.24 Å². The van der Waals surface area contributed by atoms with Gasteiger partial charge in [-0.1, -0.05) is 32.5 Å². The molecular formula is C14H22N2O4S. The lowest BCUT2D eigenvalue weighted by atomic mass is 9.64. The largest absolute Gasteiger partial charge is 0.465 e. The van der Waals surface area contributed by atoms with E-state index < -0.39 is 11.6 Å². The minimum atomic E-state index is -1.02. The monoisotopic (exact) mass is 314 g/mol. The summed E-state index contributed by atoms with van der Waals surface area (Å²) in [6.45, 7) is 6.06. The van der Waals surface area contributed by atoms with Gasteiger partial charge in [-0.2, -0.15) is 0 Å². The first-order valence-electron chi connectivity index (χ1n) is 7.16. The van der Waals surface area contributed by atoms with Crippen molar-refractivity contribution >= 4 is 29.0 Å². The summed E-state index contributed by atoms with van der Waals surface area (Å²) in [6.07, 6.45) is 1.54. The molecule has 0 spiro atoms. The molecule has 2 aliphatic rings. The number of amides is 3. The van der Waals surface area contributed by atoms with Crippen molar-refractivity contribution in [2.45, 2.75) is 58.0 Å².